The fourth-order valence-electron chi connectivity index (χ4n) is 2.32. The first-order valence-electron chi connectivity index (χ1n) is 7.23. The van der Waals surface area contributed by atoms with Gasteiger partial charge in [-0.3, -0.25) is 9.48 Å². The number of hydrogen-bond donors (Lipinski definition) is 2. The monoisotopic (exact) mass is 318 g/mol. The molecule has 0 aliphatic heterocycles. The van der Waals surface area contributed by atoms with Gasteiger partial charge in [-0.05, 0) is 24.7 Å². The molecule has 2 rings (SSSR count). The molecule has 1 aromatic heterocycles. The normalized spacial score (nSPS) is 11.8. The molecule has 1 heterocycles. The molecule has 1 amide bonds. The maximum atomic E-state index is 12.4. The number of carbonyl (C=O) groups is 1. The average Bonchev–Trinajstić information content (AvgIpc) is 2.99. The number of aryl methyl sites for hydroxylation is 1. The highest BCUT2D eigenvalue weighted by atomic mass is 16.5. The van der Waals surface area contributed by atoms with Gasteiger partial charge in [-0.1, -0.05) is 6.07 Å². The van der Waals surface area contributed by atoms with Crippen LogP contribution < -0.4 is 20.1 Å². The molecule has 0 radical (unpaired) electrons. The number of aromatic nitrogens is 2. The van der Waals surface area contributed by atoms with Crippen molar-refractivity contribution in [2.45, 2.75) is 12.6 Å². The zero-order valence-electron chi connectivity index (χ0n) is 13.8. The van der Waals surface area contributed by atoms with Crippen LogP contribution in [-0.4, -0.2) is 37.0 Å². The number of rotatable bonds is 7. The van der Waals surface area contributed by atoms with Crippen molar-refractivity contribution in [3.63, 3.8) is 0 Å². The summed E-state index contributed by atoms with van der Waals surface area (Å²) >= 11 is 0. The van der Waals surface area contributed by atoms with Crippen molar-refractivity contribution in [3.05, 3.63) is 41.7 Å². The number of ether oxygens (including phenoxy) is 2. The Morgan fingerprint density at radius 2 is 2.04 bits per heavy atom. The molecule has 0 saturated heterocycles. The van der Waals surface area contributed by atoms with Gasteiger partial charge in [0.25, 0.3) is 0 Å². The lowest BCUT2D eigenvalue weighted by Crippen LogP contribution is -2.35. The fourth-order valence-corrected chi connectivity index (χ4v) is 2.32. The summed E-state index contributed by atoms with van der Waals surface area (Å²) in [6.45, 7) is 0.400. The van der Waals surface area contributed by atoms with Crippen molar-refractivity contribution in [2.75, 3.05) is 21.3 Å². The van der Waals surface area contributed by atoms with Crippen molar-refractivity contribution in [1.29, 1.82) is 0 Å². The lowest BCUT2D eigenvalue weighted by molar-refractivity contribution is -0.123. The Hall–Kier alpha value is -2.54. The van der Waals surface area contributed by atoms with E-state index in [1.54, 1.807) is 32.1 Å². The van der Waals surface area contributed by atoms with E-state index in [0.29, 0.717) is 18.0 Å². The molecule has 0 saturated carbocycles. The van der Waals surface area contributed by atoms with Gasteiger partial charge in [-0.25, -0.2) is 0 Å². The summed E-state index contributed by atoms with van der Waals surface area (Å²) < 4.78 is 12.1. The maximum absolute atomic E-state index is 12.4. The minimum atomic E-state index is -0.441. The second kappa shape index (κ2) is 7.64. The van der Waals surface area contributed by atoms with E-state index in [4.69, 9.17) is 9.47 Å². The summed E-state index contributed by atoms with van der Waals surface area (Å²) in [5.74, 6) is 1.18. The van der Waals surface area contributed by atoms with E-state index in [1.807, 2.05) is 31.4 Å². The van der Waals surface area contributed by atoms with Gasteiger partial charge in [0.1, 0.15) is 6.04 Å². The second-order valence-electron chi connectivity index (χ2n) is 5.08. The lowest BCUT2D eigenvalue weighted by atomic mass is 10.1. The van der Waals surface area contributed by atoms with Gasteiger partial charge in [-0.2, -0.15) is 5.10 Å². The van der Waals surface area contributed by atoms with E-state index in [2.05, 4.69) is 15.7 Å². The first-order valence-corrected chi connectivity index (χ1v) is 7.23. The number of methoxy groups -OCH3 is 2. The van der Waals surface area contributed by atoms with Crippen molar-refractivity contribution in [2.24, 2.45) is 7.05 Å². The number of nitrogens with one attached hydrogen (secondary N) is 2. The van der Waals surface area contributed by atoms with E-state index >= 15 is 0 Å². The number of carbonyl (C=O) groups excluding carboxylic acids is 1. The molecule has 7 heteroatoms. The van der Waals surface area contributed by atoms with E-state index < -0.39 is 6.04 Å². The van der Waals surface area contributed by atoms with Gasteiger partial charge in [0.05, 0.1) is 20.4 Å². The van der Waals surface area contributed by atoms with Gasteiger partial charge in [0.15, 0.2) is 11.5 Å². The van der Waals surface area contributed by atoms with E-state index in [1.165, 1.54) is 0 Å². The highest BCUT2D eigenvalue weighted by molar-refractivity contribution is 5.83. The summed E-state index contributed by atoms with van der Waals surface area (Å²) in [6.07, 6.45) is 3.49. The Labute approximate surface area is 135 Å². The first-order chi connectivity index (χ1) is 11.1. The molecule has 0 aliphatic carbocycles. The number of nitrogens with zero attached hydrogens (tertiary/aromatic N) is 2. The van der Waals surface area contributed by atoms with Crippen LogP contribution in [0.4, 0.5) is 0 Å². The van der Waals surface area contributed by atoms with Crippen molar-refractivity contribution in [1.82, 2.24) is 20.4 Å². The number of amides is 1. The van der Waals surface area contributed by atoms with Crippen molar-refractivity contribution < 1.29 is 14.3 Å². The fraction of sp³-hybridized carbons (Fsp3) is 0.375. The first kappa shape index (κ1) is 16.8. The number of benzene rings is 1. The van der Waals surface area contributed by atoms with Crippen LogP contribution in [0.5, 0.6) is 11.5 Å². The third-order valence-corrected chi connectivity index (χ3v) is 3.52. The molecule has 0 bridgehead atoms. The molecule has 1 unspecified atom stereocenters. The van der Waals surface area contributed by atoms with Crippen molar-refractivity contribution >= 4 is 5.91 Å². The molecular weight excluding hydrogens is 296 g/mol. The Balaban J connectivity index is 2.03. The van der Waals surface area contributed by atoms with Gasteiger partial charge in [0.2, 0.25) is 5.91 Å². The van der Waals surface area contributed by atoms with Crippen LogP contribution in [0.15, 0.2) is 30.6 Å². The molecule has 2 aromatic rings. The topological polar surface area (TPSA) is 77.4 Å². The SMILES string of the molecule is CNC(C(=O)NCc1ccc(OC)c(OC)c1)c1cnn(C)c1. The van der Waals surface area contributed by atoms with Crippen LogP contribution in [0, 0.1) is 0 Å². The maximum Gasteiger partial charge on any atom is 0.242 e. The van der Waals surface area contributed by atoms with E-state index in [-0.39, 0.29) is 5.91 Å². The lowest BCUT2D eigenvalue weighted by Gasteiger charge is -2.15. The molecule has 1 atom stereocenters. The van der Waals surface area contributed by atoms with Crippen LogP contribution in [0.1, 0.15) is 17.2 Å². The summed E-state index contributed by atoms with van der Waals surface area (Å²) in [4.78, 5) is 12.4. The second-order valence-corrected chi connectivity index (χ2v) is 5.08. The third kappa shape index (κ3) is 4.01. The Kier molecular flexibility index (Phi) is 5.59. The van der Waals surface area contributed by atoms with Gasteiger partial charge in [-0.15, -0.1) is 0 Å². The highest BCUT2D eigenvalue weighted by Crippen LogP contribution is 2.27. The molecule has 7 nitrogen and oxygen atoms in total. The quantitative estimate of drug-likeness (QED) is 0.797. The molecular formula is C16H22N4O3. The van der Waals surface area contributed by atoms with Crippen LogP contribution in [-0.2, 0) is 18.4 Å². The van der Waals surface area contributed by atoms with E-state index in [0.717, 1.165) is 11.1 Å². The van der Waals surface area contributed by atoms with E-state index in [9.17, 15) is 4.79 Å². The molecule has 0 spiro atoms. The predicted molar refractivity (Wildman–Crippen MR) is 86.4 cm³/mol. The van der Waals surface area contributed by atoms with Gasteiger partial charge < -0.3 is 20.1 Å². The highest BCUT2D eigenvalue weighted by Gasteiger charge is 2.19. The van der Waals surface area contributed by atoms with Crippen LogP contribution in [0.25, 0.3) is 0 Å². The van der Waals surface area contributed by atoms with Crippen LogP contribution >= 0.6 is 0 Å². The molecule has 23 heavy (non-hydrogen) atoms. The summed E-state index contributed by atoms with van der Waals surface area (Å²) in [5.41, 5.74) is 1.75. The largest absolute Gasteiger partial charge is 0.493 e. The Morgan fingerprint density at radius 1 is 1.30 bits per heavy atom. The minimum absolute atomic E-state index is 0.115. The average molecular weight is 318 g/mol. The minimum Gasteiger partial charge on any atom is -0.493 e. The predicted octanol–water partition coefficient (Wildman–Crippen LogP) is 1.01. The summed E-state index contributed by atoms with van der Waals surface area (Å²) in [6, 6.07) is 5.11. The van der Waals surface area contributed by atoms with Crippen LogP contribution in [0.3, 0.4) is 0 Å². The number of likely N-dealkylation sites (N-methyl/N-ethyl adjacent to an activating group) is 1. The van der Waals surface area contributed by atoms with Crippen LogP contribution in [0.2, 0.25) is 0 Å². The number of hydrogen-bond acceptors (Lipinski definition) is 5. The molecule has 0 aliphatic rings. The smallest absolute Gasteiger partial charge is 0.242 e. The molecule has 1 aromatic carbocycles. The Morgan fingerprint density at radius 3 is 2.61 bits per heavy atom. The molecule has 0 fully saturated rings. The standard InChI is InChI=1S/C16H22N4O3/c1-17-15(12-9-19-20(2)10-12)16(21)18-8-11-5-6-13(22-3)14(7-11)23-4/h5-7,9-10,15,17H,8H2,1-4H3,(H,18,21). The zero-order chi connectivity index (χ0) is 16.8. The van der Waals surface area contributed by atoms with Crippen molar-refractivity contribution in [3.8, 4) is 11.5 Å². The third-order valence-electron chi connectivity index (χ3n) is 3.52. The Bertz CT molecular complexity index is 669. The molecule has 124 valence electrons. The van der Waals surface area contributed by atoms with Gasteiger partial charge >= 0.3 is 0 Å². The van der Waals surface area contributed by atoms with Gasteiger partial charge in [0, 0.05) is 25.4 Å². The summed E-state index contributed by atoms with van der Waals surface area (Å²) in [5, 5.41) is 10.0. The summed E-state index contributed by atoms with van der Waals surface area (Å²) in [7, 11) is 6.73. The zero-order valence-corrected chi connectivity index (χ0v) is 13.8. The molecule has 2 N–H and O–H groups in total.